The first kappa shape index (κ1) is 13.8. The van der Waals surface area contributed by atoms with E-state index < -0.39 is 8.07 Å². The van der Waals surface area contributed by atoms with Gasteiger partial charge in [0.15, 0.2) is 0 Å². The maximum atomic E-state index is 6.28. The molecular weight excluding hydrogens is 226 g/mol. The lowest BCUT2D eigenvalue weighted by molar-refractivity contribution is 0.414. The van der Waals surface area contributed by atoms with Gasteiger partial charge in [-0.2, -0.15) is 0 Å². The molecule has 3 heteroatoms. The SMILES string of the molecule is C=C=C([C@H](N)c1ccc(OC)cc1)[Si](C)(C)C. The predicted molar refractivity (Wildman–Crippen MR) is 75.9 cm³/mol. The third-order valence-corrected chi connectivity index (χ3v) is 4.89. The van der Waals surface area contributed by atoms with Gasteiger partial charge in [0.1, 0.15) is 5.75 Å². The molecule has 1 aromatic rings. The van der Waals surface area contributed by atoms with Crippen LogP contribution < -0.4 is 10.5 Å². The maximum absolute atomic E-state index is 6.28. The molecule has 92 valence electrons. The second kappa shape index (κ2) is 5.37. The van der Waals surface area contributed by atoms with Gasteiger partial charge in [0.2, 0.25) is 0 Å². The molecule has 0 aliphatic carbocycles. The third kappa shape index (κ3) is 3.33. The topological polar surface area (TPSA) is 35.2 Å². The van der Waals surface area contributed by atoms with Crippen LogP contribution in [0.4, 0.5) is 0 Å². The van der Waals surface area contributed by atoms with Gasteiger partial charge in [-0.25, -0.2) is 0 Å². The van der Waals surface area contributed by atoms with E-state index in [0.717, 1.165) is 16.5 Å². The Morgan fingerprint density at radius 3 is 2.18 bits per heavy atom. The molecule has 0 bridgehead atoms. The quantitative estimate of drug-likeness (QED) is 0.654. The summed E-state index contributed by atoms with van der Waals surface area (Å²) in [5.74, 6) is 0.845. The van der Waals surface area contributed by atoms with Crippen LogP contribution in [0.15, 0.2) is 41.8 Å². The number of hydrogen-bond acceptors (Lipinski definition) is 2. The Hall–Kier alpha value is -1.28. The van der Waals surface area contributed by atoms with Crippen LogP contribution in [0.5, 0.6) is 5.75 Å². The molecule has 17 heavy (non-hydrogen) atoms. The minimum atomic E-state index is -1.47. The van der Waals surface area contributed by atoms with Crippen molar-refractivity contribution in [3.63, 3.8) is 0 Å². The first-order valence-electron chi connectivity index (χ1n) is 5.70. The van der Waals surface area contributed by atoms with Crippen molar-refractivity contribution in [2.75, 3.05) is 7.11 Å². The molecule has 0 heterocycles. The van der Waals surface area contributed by atoms with E-state index in [9.17, 15) is 0 Å². The Balaban J connectivity index is 3.03. The Bertz CT molecular complexity index is 425. The Morgan fingerprint density at radius 2 is 1.82 bits per heavy atom. The zero-order valence-corrected chi connectivity index (χ0v) is 12.1. The van der Waals surface area contributed by atoms with Gasteiger partial charge in [-0.05, 0) is 22.9 Å². The van der Waals surface area contributed by atoms with E-state index >= 15 is 0 Å². The Kier molecular flexibility index (Phi) is 4.35. The highest BCUT2D eigenvalue weighted by Gasteiger charge is 2.25. The molecular formula is C14H21NOSi. The standard InChI is InChI=1S/C14H21NOSi/c1-6-13(17(3,4)5)14(15)11-7-9-12(16-2)10-8-11/h7-10,14H,1,15H2,2-5H3/t14-/m1/s1. The van der Waals surface area contributed by atoms with Crippen LogP contribution >= 0.6 is 0 Å². The summed E-state index contributed by atoms with van der Waals surface area (Å²) in [6, 6.07) is 7.76. The molecule has 0 spiro atoms. The molecule has 0 amide bonds. The van der Waals surface area contributed by atoms with E-state index in [0.29, 0.717) is 0 Å². The first-order valence-corrected chi connectivity index (χ1v) is 9.20. The number of methoxy groups -OCH3 is 1. The van der Waals surface area contributed by atoms with E-state index in [1.54, 1.807) is 7.11 Å². The number of benzene rings is 1. The predicted octanol–water partition coefficient (Wildman–Crippen LogP) is 3.28. The Morgan fingerprint density at radius 1 is 1.29 bits per heavy atom. The van der Waals surface area contributed by atoms with Gasteiger partial charge >= 0.3 is 0 Å². The molecule has 0 aliphatic heterocycles. The highest BCUT2D eigenvalue weighted by Crippen LogP contribution is 2.27. The molecule has 1 atom stereocenters. The number of hydrogen-bond donors (Lipinski definition) is 1. The molecule has 0 unspecified atom stereocenters. The van der Waals surface area contributed by atoms with Gasteiger partial charge in [0.05, 0.1) is 21.2 Å². The van der Waals surface area contributed by atoms with Crippen molar-refractivity contribution in [2.24, 2.45) is 5.73 Å². The van der Waals surface area contributed by atoms with Crippen LogP contribution in [0.2, 0.25) is 19.6 Å². The number of ether oxygens (including phenoxy) is 1. The summed E-state index contributed by atoms with van der Waals surface area (Å²) in [5.41, 5.74) is 10.4. The number of rotatable bonds is 4. The van der Waals surface area contributed by atoms with Crippen molar-refractivity contribution in [2.45, 2.75) is 25.7 Å². The minimum Gasteiger partial charge on any atom is -0.497 e. The van der Waals surface area contributed by atoms with Crippen molar-refractivity contribution >= 4 is 8.07 Å². The fourth-order valence-electron chi connectivity index (χ4n) is 1.82. The second-order valence-corrected chi connectivity index (χ2v) is 10.1. The second-order valence-electron chi connectivity index (χ2n) is 5.09. The molecule has 0 saturated heterocycles. The number of nitrogens with two attached hydrogens (primary N) is 1. The zero-order valence-electron chi connectivity index (χ0n) is 11.1. The van der Waals surface area contributed by atoms with Crippen molar-refractivity contribution in [1.82, 2.24) is 0 Å². The summed E-state index contributed by atoms with van der Waals surface area (Å²) in [6.45, 7) is 10.5. The van der Waals surface area contributed by atoms with E-state index in [2.05, 4.69) is 32.0 Å². The van der Waals surface area contributed by atoms with E-state index in [1.165, 1.54) is 0 Å². The van der Waals surface area contributed by atoms with Gasteiger partial charge < -0.3 is 10.5 Å². The van der Waals surface area contributed by atoms with Gasteiger partial charge in [-0.1, -0.05) is 38.4 Å². The molecule has 1 rings (SSSR count). The van der Waals surface area contributed by atoms with Gasteiger partial charge in [0.25, 0.3) is 0 Å². The monoisotopic (exact) mass is 247 g/mol. The van der Waals surface area contributed by atoms with E-state index in [1.807, 2.05) is 24.3 Å². The zero-order chi connectivity index (χ0) is 13.1. The van der Waals surface area contributed by atoms with Gasteiger partial charge in [-0.3, -0.25) is 0 Å². The normalized spacial score (nSPS) is 12.8. The third-order valence-electron chi connectivity index (χ3n) is 2.78. The summed E-state index contributed by atoms with van der Waals surface area (Å²) < 4.78 is 5.14. The van der Waals surface area contributed by atoms with Gasteiger partial charge in [-0.15, -0.1) is 5.73 Å². The lowest BCUT2D eigenvalue weighted by Crippen LogP contribution is -2.31. The maximum Gasteiger partial charge on any atom is 0.118 e. The molecule has 2 nitrogen and oxygen atoms in total. The van der Waals surface area contributed by atoms with Crippen LogP contribution in [0, 0.1) is 0 Å². The van der Waals surface area contributed by atoms with Gasteiger partial charge in [0, 0.05) is 0 Å². The van der Waals surface area contributed by atoms with Crippen LogP contribution in [0.3, 0.4) is 0 Å². The summed E-state index contributed by atoms with van der Waals surface area (Å²) in [4.78, 5) is 0. The summed E-state index contributed by atoms with van der Waals surface area (Å²) in [5, 5.41) is 1.16. The fourth-order valence-corrected chi connectivity index (χ4v) is 3.45. The largest absolute Gasteiger partial charge is 0.497 e. The van der Waals surface area contributed by atoms with Crippen LogP contribution in [-0.4, -0.2) is 15.2 Å². The smallest absolute Gasteiger partial charge is 0.118 e. The molecule has 0 saturated carbocycles. The lowest BCUT2D eigenvalue weighted by Gasteiger charge is -2.25. The fraction of sp³-hybridized carbons (Fsp3) is 0.357. The summed E-state index contributed by atoms with van der Waals surface area (Å²) >= 11 is 0. The van der Waals surface area contributed by atoms with Crippen LogP contribution in [0.1, 0.15) is 11.6 Å². The highest BCUT2D eigenvalue weighted by molar-refractivity contribution is 6.83. The first-order chi connectivity index (χ1) is 7.90. The van der Waals surface area contributed by atoms with E-state index in [4.69, 9.17) is 10.5 Å². The molecule has 2 N–H and O–H groups in total. The average Bonchev–Trinajstić information content (AvgIpc) is 2.28. The van der Waals surface area contributed by atoms with Crippen molar-refractivity contribution in [3.8, 4) is 5.75 Å². The van der Waals surface area contributed by atoms with Crippen LogP contribution in [0.25, 0.3) is 0 Å². The lowest BCUT2D eigenvalue weighted by atomic mass is 10.1. The summed E-state index contributed by atoms with van der Waals surface area (Å²) in [6.07, 6.45) is 0. The van der Waals surface area contributed by atoms with Crippen molar-refractivity contribution in [3.05, 3.63) is 47.3 Å². The molecule has 0 aromatic heterocycles. The molecule has 0 radical (unpaired) electrons. The summed E-state index contributed by atoms with van der Waals surface area (Å²) in [7, 11) is 0.191. The molecule has 1 aromatic carbocycles. The average molecular weight is 247 g/mol. The Labute approximate surface area is 105 Å². The highest BCUT2D eigenvalue weighted by atomic mass is 28.3. The molecule has 0 fully saturated rings. The minimum absolute atomic E-state index is 0.106. The van der Waals surface area contributed by atoms with Crippen molar-refractivity contribution in [1.29, 1.82) is 0 Å². The van der Waals surface area contributed by atoms with Crippen LogP contribution in [-0.2, 0) is 0 Å². The van der Waals surface area contributed by atoms with Crippen molar-refractivity contribution < 1.29 is 4.74 Å². The van der Waals surface area contributed by atoms with E-state index in [-0.39, 0.29) is 6.04 Å². The molecule has 0 aliphatic rings.